The maximum Gasteiger partial charge on any atom is 0.238 e. The minimum atomic E-state index is -0.0432. The van der Waals surface area contributed by atoms with Crippen LogP contribution < -0.4 is 10.6 Å². The van der Waals surface area contributed by atoms with Gasteiger partial charge in [-0.25, -0.2) is 0 Å². The van der Waals surface area contributed by atoms with Crippen LogP contribution in [0.4, 0.5) is 5.69 Å². The van der Waals surface area contributed by atoms with E-state index in [1.165, 1.54) is 3.57 Å². The summed E-state index contributed by atoms with van der Waals surface area (Å²) in [4.78, 5) is 11.7. The second-order valence-corrected chi connectivity index (χ2v) is 6.36. The van der Waals surface area contributed by atoms with E-state index >= 15 is 0 Å². The van der Waals surface area contributed by atoms with Crippen molar-refractivity contribution in [2.24, 2.45) is 0 Å². The van der Waals surface area contributed by atoms with Crippen LogP contribution in [0.25, 0.3) is 0 Å². The van der Waals surface area contributed by atoms with Crippen molar-refractivity contribution in [2.45, 2.75) is 33.2 Å². The van der Waals surface area contributed by atoms with Gasteiger partial charge in [0, 0.05) is 14.8 Å². The Kier molecular flexibility index (Phi) is 4.94. The number of hydrogen-bond acceptors (Lipinski definition) is 2. The van der Waals surface area contributed by atoms with E-state index in [4.69, 9.17) is 0 Å². The van der Waals surface area contributed by atoms with Gasteiger partial charge >= 0.3 is 0 Å². The number of nitrogens with one attached hydrogen (secondary N) is 2. The molecule has 0 aliphatic rings. The van der Waals surface area contributed by atoms with Crippen molar-refractivity contribution < 1.29 is 4.79 Å². The van der Waals surface area contributed by atoms with E-state index in [0.717, 1.165) is 11.3 Å². The summed E-state index contributed by atoms with van der Waals surface area (Å²) in [6, 6.07) is 5.97. The Balaban J connectivity index is 2.57. The van der Waals surface area contributed by atoms with Gasteiger partial charge in [-0.3, -0.25) is 4.79 Å². The number of anilines is 1. The number of rotatable bonds is 3. The van der Waals surface area contributed by atoms with Crippen LogP contribution in [0.5, 0.6) is 0 Å². The Labute approximate surface area is 117 Å². The Morgan fingerprint density at radius 3 is 2.53 bits per heavy atom. The lowest BCUT2D eigenvalue weighted by atomic mass is 10.1. The van der Waals surface area contributed by atoms with Crippen molar-refractivity contribution in [2.75, 3.05) is 11.9 Å². The molecule has 0 atom stereocenters. The molecule has 0 saturated carbocycles. The smallest absolute Gasteiger partial charge is 0.238 e. The van der Waals surface area contributed by atoms with Gasteiger partial charge in [0.25, 0.3) is 0 Å². The van der Waals surface area contributed by atoms with Gasteiger partial charge in [-0.1, -0.05) is 0 Å². The second kappa shape index (κ2) is 5.82. The van der Waals surface area contributed by atoms with Crippen LogP contribution in [-0.4, -0.2) is 18.0 Å². The first kappa shape index (κ1) is 14.4. The summed E-state index contributed by atoms with van der Waals surface area (Å²) in [7, 11) is 0. The van der Waals surface area contributed by atoms with Crippen LogP contribution >= 0.6 is 22.6 Å². The molecule has 0 radical (unpaired) electrons. The molecule has 1 amide bonds. The van der Waals surface area contributed by atoms with Crippen molar-refractivity contribution in [3.8, 4) is 0 Å². The fourth-order valence-electron chi connectivity index (χ4n) is 1.31. The number of benzene rings is 1. The zero-order valence-corrected chi connectivity index (χ0v) is 12.9. The Bertz CT molecular complexity index is 410. The molecule has 4 heteroatoms. The number of halogens is 1. The van der Waals surface area contributed by atoms with Gasteiger partial charge in [0.1, 0.15) is 0 Å². The molecule has 1 rings (SSSR count). The molecule has 0 heterocycles. The molecule has 1 aromatic rings. The van der Waals surface area contributed by atoms with Crippen LogP contribution in [-0.2, 0) is 4.79 Å². The molecule has 0 spiro atoms. The third-order valence-corrected chi connectivity index (χ3v) is 2.91. The normalized spacial score (nSPS) is 11.4. The summed E-state index contributed by atoms with van der Waals surface area (Å²) in [5.74, 6) is -0.00997. The molecular formula is C13H19IN2O. The van der Waals surface area contributed by atoms with E-state index in [9.17, 15) is 4.79 Å². The maximum absolute atomic E-state index is 11.7. The number of hydrogen-bond donors (Lipinski definition) is 2. The fraction of sp³-hybridized carbons (Fsp3) is 0.462. The topological polar surface area (TPSA) is 41.1 Å². The SMILES string of the molecule is Cc1cc(I)ccc1NC(=O)CNC(C)(C)C. The van der Waals surface area contributed by atoms with Crippen molar-refractivity contribution in [1.82, 2.24) is 5.32 Å². The van der Waals surface area contributed by atoms with Crippen molar-refractivity contribution in [3.63, 3.8) is 0 Å². The highest BCUT2D eigenvalue weighted by Gasteiger charge is 2.11. The molecule has 3 nitrogen and oxygen atoms in total. The Hall–Kier alpha value is -0.620. The van der Waals surface area contributed by atoms with E-state index in [2.05, 4.69) is 33.2 Å². The molecule has 0 fully saturated rings. The highest BCUT2D eigenvalue weighted by atomic mass is 127. The lowest BCUT2D eigenvalue weighted by Gasteiger charge is -2.20. The number of carbonyl (C=O) groups excluding carboxylic acids is 1. The molecule has 17 heavy (non-hydrogen) atoms. The maximum atomic E-state index is 11.7. The predicted molar refractivity (Wildman–Crippen MR) is 80.3 cm³/mol. The van der Waals surface area contributed by atoms with Gasteiger partial charge < -0.3 is 10.6 Å². The molecule has 1 aromatic carbocycles. The zero-order valence-electron chi connectivity index (χ0n) is 10.7. The summed E-state index contributed by atoms with van der Waals surface area (Å²) in [6.45, 7) is 8.44. The molecule has 0 aromatic heterocycles. The summed E-state index contributed by atoms with van der Waals surface area (Å²) >= 11 is 2.26. The molecule has 0 aliphatic carbocycles. The van der Waals surface area contributed by atoms with Gasteiger partial charge in [-0.2, -0.15) is 0 Å². The molecule has 0 aliphatic heterocycles. The van der Waals surface area contributed by atoms with E-state index in [1.807, 2.05) is 45.9 Å². The van der Waals surface area contributed by atoms with Crippen LogP contribution in [0.2, 0.25) is 0 Å². The average Bonchev–Trinajstić information content (AvgIpc) is 2.18. The number of carbonyl (C=O) groups is 1. The van der Waals surface area contributed by atoms with E-state index in [-0.39, 0.29) is 11.4 Å². The minimum Gasteiger partial charge on any atom is -0.325 e. The van der Waals surface area contributed by atoms with Gasteiger partial charge in [-0.15, -0.1) is 0 Å². The lowest BCUT2D eigenvalue weighted by molar-refractivity contribution is -0.115. The van der Waals surface area contributed by atoms with Crippen LogP contribution in [0.3, 0.4) is 0 Å². The summed E-state index contributed by atoms with van der Waals surface area (Å²) in [6.07, 6.45) is 0. The van der Waals surface area contributed by atoms with Gasteiger partial charge in [0.15, 0.2) is 0 Å². The highest BCUT2D eigenvalue weighted by molar-refractivity contribution is 14.1. The van der Waals surface area contributed by atoms with Gasteiger partial charge in [0.05, 0.1) is 6.54 Å². The van der Waals surface area contributed by atoms with Crippen LogP contribution in [0, 0.1) is 10.5 Å². The lowest BCUT2D eigenvalue weighted by Crippen LogP contribution is -2.41. The van der Waals surface area contributed by atoms with Gasteiger partial charge in [0.2, 0.25) is 5.91 Å². The molecule has 0 unspecified atom stereocenters. The average molecular weight is 346 g/mol. The third-order valence-electron chi connectivity index (χ3n) is 2.24. The molecule has 0 bridgehead atoms. The monoisotopic (exact) mass is 346 g/mol. The largest absolute Gasteiger partial charge is 0.325 e. The predicted octanol–water partition coefficient (Wildman–Crippen LogP) is 2.93. The van der Waals surface area contributed by atoms with E-state index < -0.39 is 0 Å². The quantitative estimate of drug-likeness (QED) is 0.827. The van der Waals surface area contributed by atoms with E-state index in [0.29, 0.717) is 6.54 Å². The first-order chi connectivity index (χ1) is 7.78. The molecule has 2 N–H and O–H groups in total. The first-order valence-electron chi connectivity index (χ1n) is 5.59. The standard InChI is InChI=1S/C13H19IN2O/c1-9-7-10(14)5-6-11(9)16-12(17)8-15-13(2,3)4/h5-7,15H,8H2,1-4H3,(H,16,17). The van der Waals surface area contributed by atoms with Crippen molar-refractivity contribution in [3.05, 3.63) is 27.3 Å². The fourth-order valence-corrected chi connectivity index (χ4v) is 1.95. The first-order valence-corrected chi connectivity index (χ1v) is 6.67. The summed E-state index contributed by atoms with van der Waals surface area (Å²) in [5, 5.41) is 6.06. The highest BCUT2D eigenvalue weighted by Crippen LogP contribution is 2.17. The van der Waals surface area contributed by atoms with Crippen LogP contribution in [0.15, 0.2) is 18.2 Å². The zero-order chi connectivity index (χ0) is 13.1. The third kappa shape index (κ3) is 5.50. The van der Waals surface area contributed by atoms with Crippen molar-refractivity contribution >= 4 is 34.2 Å². The summed E-state index contributed by atoms with van der Waals surface area (Å²) < 4.78 is 1.17. The van der Waals surface area contributed by atoms with Crippen LogP contribution in [0.1, 0.15) is 26.3 Å². The summed E-state index contributed by atoms with van der Waals surface area (Å²) in [5.41, 5.74) is 1.92. The molecule has 94 valence electrons. The molecule has 0 saturated heterocycles. The Morgan fingerprint density at radius 2 is 2.00 bits per heavy atom. The Morgan fingerprint density at radius 1 is 1.35 bits per heavy atom. The minimum absolute atomic E-state index is 0.00997. The number of amides is 1. The second-order valence-electron chi connectivity index (χ2n) is 5.11. The van der Waals surface area contributed by atoms with E-state index in [1.54, 1.807) is 0 Å². The number of aryl methyl sites for hydroxylation is 1. The van der Waals surface area contributed by atoms with Crippen molar-refractivity contribution in [1.29, 1.82) is 0 Å². The van der Waals surface area contributed by atoms with Gasteiger partial charge in [-0.05, 0) is 74.0 Å². The molecular weight excluding hydrogens is 327 g/mol.